The summed E-state index contributed by atoms with van der Waals surface area (Å²) in [5.41, 5.74) is -0.478. The molecule has 2 fully saturated rings. The summed E-state index contributed by atoms with van der Waals surface area (Å²) in [7, 11) is 0. The molecule has 0 aromatic heterocycles. The fraction of sp³-hybridized carbons (Fsp3) is 0.889. The molecule has 6 nitrogen and oxygen atoms in total. The number of likely N-dealkylation sites (tertiary alicyclic amines) is 1. The summed E-state index contributed by atoms with van der Waals surface area (Å²) in [5.74, 6) is 0.180. The second-order valence-electron chi connectivity index (χ2n) is 9.17. The number of fused-ring (bicyclic) bond motifs is 2. The lowest BCUT2D eigenvalue weighted by atomic mass is 9.68. The predicted molar refractivity (Wildman–Crippen MR) is 98.0 cm³/mol. The van der Waals surface area contributed by atoms with Gasteiger partial charge in [0, 0.05) is 30.8 Å². The van der Waals surface area contributed by atoms with E-state index in [-0.39, 0.29) is 28.3 Å². The van der Waals surface area contributed by atoms with Crippen molar-refractivity contribution in [2.75, 3.05) is 19.7 Å². The minimum absolute atomic E-state index is 0.00268. The van der Waals surface area contributed by atoms with Crippen molar-refractivity contribution in [1.29, 1.82) is 0 Å². The molecular formula is C18H30N2O4S. The SMILES string of the molecule is CC(C)(C)OC(=O)N1CCC2(CC1)CO[C@H]1CC(C)(C)[S@@+]([O-])N=C[C@H]12. The lowest BCUT2D eigenvalue weighted by Crippen LogP contribution is -2.48. The van der Waals surface area contributed by atoms with Gasteiger partial charge in [0.15, 0.2) is 0 Å². The molecular weight excluding hydrogens is 340 g/mol. The number of hydrogen-bond acceptors (Lipinski definition) is 5. The summed E-state index contributed by atoms with van der Waals surface area (Å²) in [5, 5.41) is 0. The van der Waals surface area contributed by atoms with Crippen molar-refractivity contribution in [2.45, 2.75) is 70.3 Å². The molecule has 3 atom stereocenters. The molecule has 2 saturated heterocycles. The van der Waals surface area contributed by atoms with Crippen molar-refractivity contribution in [3.8, 4) is 0 Å². The van der Waals surface area contributed by atoms with E-state index in [0.717, 1.165) is 19.3 Å². The van der Waals surface area contributed by atoms with Crippen LogP contribution in [0.3, 0.4) is 0 Å². The van der Waals surface area contributed by atoms with Gasteiger partial charge in [0.05, 0.1) is 18.9 Å². The molecule has 0 aromatic rings. The first kappa shape index (κ1) is 19.0. The van der Waals surface area contributed by atoms with E-state index < -0.39 is 17.0 Å². The Balaban J connectivity index is 1.67. The number of piperidine rings is 1. The highest BCUT2D eigenvalue weighted by Crippen LogP contribution is 2.49. The number of carbonyl (C=O) groups excluding carboxylic acids is 1. The molecule has 0 unspecified atom stereocenters. The quantitative estimate of drug-likeness (QED) is 0.615. The minimum Gasteiger partial charge on any atom is -0.591 e. The lowest BCUT2D eigenvalue weighted by Gasteiger charge is -2.41. The molecule has 142 valence electrons. The van der Waals surface area contributed by atoms with Crippen molar-refractivity contribution in [1.82, 2.24) is 4.90 Å². The van der Waals surface area contributed by atoms with Crippen molar-refractivity contribution in [3.63, 3.8) is 0 Å². The van der Waals surface area contributed by atoms with Crippen LogP contribution in [0.1, 0.15) is 53.9 Å². The van der Waals surface area contributed by atoms with Crippen LogP contribution in [0.2, 0.25) is 0 Å². The molecule has 0 radical (unpaired) electrons. The molecule has 3 aliphatic rings. The molecule has 0 N–H and O–H groups in total. The standard InChI is InChI=1S/C18H30N2O4S/c1-16(2,3)24-15(21)20-8-6-18(7-9-20)12-23-14-10-17(4,5)25(22)19-11-13(14)18/h11,13-14H,6-10,12H2,1-5H3/t13-,14+,25-/m1/s1. The van der Waals surface area contributed by atoms with Crippen LogP contribution in [0.25, 0.3) is 0 Å². The first-order valence-electron chi connectivity index (χ1n) is 9.08. The third-order valence-corrected chi connectivity index (χ3v) is 7.01. The van der Waals surface area contributed by atoms with E-state index in [1.165, 1.54) is 0 Å². The second-order valence-corrected chi connectivity index (χ2v) is 11.0. The summed E-state index contributed by atoms with van der Waals surface area (Å²) >= 11 is -1.22. The zero-order chi connectivity index (χ0) is 18.5. The van der Waals surface area contributed by atoms with Gasteiger partial charge < -0.3 is 18.9 Å². The van der Waals surface area contributed by atoms with E-state index >= 15 is 0 Å². The van der Waals surface area contributed by atoms with Crippen LogP contribution in [0.5, 0.6) is 0 Å². The Morgan fingerprint density at radius 3 is 2.60 bits per heavy atom. The van der Waals surface area contributed by atoms with E-state index in [9.17, 15) is 9.35 Å². The molecule has 0 aliphatic carbocycles. The molecule has 1 spiro atoms. The van der Waals surface area contributed by atoms with Gasteiger partial charge in [-0.15, -0.1) is 0 Å². The van der Waals surface area contributed by atoms with Crippen molar-refractivity contribution in [2.24, 2.45) is 15.7 Å². The molecule has 3 rings (SSSR count). The van der Waals surface area contributed by atoms with E-state index in [4.69, 9.17) is 9.47 Å². The topological polar surface area (TPSA) is 74.2 Å². The summed E-state index contributed by atoms with van der Waals surface area (Å²) in [6.45, 7) is 11.7. The van der Waals surface area contributed by atoms with Gasteiger partial charge in [-0.1, -0.05) is 4.40 Å². The summed E-state index contributed by atoms with van der Waals surface area (Å²) in [6.07, 6.45) is 4.19. The van der Waals surface area contributed by atoms with Crippen LogP contribution in [0.15, 0.2) is 4.40 Å². The van der Waals surface area contributed by atoms with Crippen molar-refractivity contribution < 1.29 is 18.8 Å². The molecule has 7 heteroatoms. The van der Waals surface area contributed by atoms with Gasteiger partial charge in [0.25, 0.3) is 0 Å². The zero-order valence-electron chi connectivity index (χ0n) is 15.9. The number of hydrogen-bond donors (Lipinski definition) is 0. The van der Waals surface area contributed by atoms with E-state index in [0.29, 0.717) is 19.7 Å². The van der Waals surface area contributed by atoms with E-state index in [1.807, 2.05) is 40.8 Å². The van der Waals surface area contributed by atoms with E-state index in [2.05, 4.69) is 4.40 Å². The Labute approximate surface area is 153 Å². The maximum Gasteiger partial charge on any atom is 0.410 e. The van der Waals surface area contributed by atoms with Crippen LogP contribution in [-0.4, -0.2) is 57.9 Å². The van der Waals surface area contributed by atoms with E-state index in [1.54, 1.807) is 4.90 Å². The smallest absolute Gasteiger partial charge is 0.410 e. The number of nitrogens with zero attached hydrogens (tertiary/aromatic N) is 2. The molecule has 1 amide bonds. The fourth-order valence-electron chi connectivity index (χ4n) is 4.07. The number of carbonyl (C=O) groups is 1. The van der Waals surface area contributed by atoms with Gasteiger partial charge in [-0.3, -0.25) is 0 Å². The van der Waals surface area contributed by atoms with Gasteiger partial charge in [0.2, 0.25) is 0 Å². The lowest BCUT2D eigenvalue weighted by molar-refractivity contribution is 0.00633. The average Bonchev–Trinajstić information content (AvgIpc) is 2.74. The monoisotopic (exact) mass is 370 g/mol. The minimum atomic E-state index is -1.22. The summed E-state index contributed by atoms with van der Waals surface area (Å²) < 4.78 is 27.9. The maximum atomic E-state index is 12.3. The van der Waals surface area contributed by atoms with Crippen molar-refractivity contribution in [3.05, 3.63) is 0 Å². The Kier molecular flexibility index (Phi) is 4.88. The van der Waals surface area contributed by atoms with Crippen LogP contribution in [0, 0.1) is 11.3 Å². The van der Waals surface area contributed by atoms with Gasteiger partial charge >= 0.3 is 6.09 Å². The first-order valence-corrected chi connectivity index (χ1v) is 10.2. The highest BCUT2D eigenvalue weighted by atomic mass is 32.2. The van der Waals surface area contributed by atoms with Gasteiger partial charge in [-0.25, -0.2) is 4.79 Å². The average molecular weight is 371 g/mol. The van der Waals surface area contributed by atoms with Crippen molar-refractivity contribution >= 4 is 23.7 Å². The van der Waals surface area contributed by atoms with Crippen LogP contribution in [-0.2, 0) is 20.8 Å². The molecule has 3 aliphatic heterocycles. The summed E-state index contributed by atoms with van der Waals surface area (Å²) in [4.78, 5) is 14.1. The normalized spacial score (nSPS) is 33.8. The van der Waals surface area contributed by atoms with Gasteiger partial charge in [-0.05, 0) is 47.5 Å². The highest BCUT2D eigenvalue weighted by Gasteiger charge is 2.54. The number of amides is 1. The number of rotatable bonds is 0. The fourth-order valence-corrected chi connectivity index (χ4v) is 4.90. The zero-order valence-corrected chi connectivity index (χ0v) is 16.7. The molecule has 25 heavy (non-hydrogen) atoms. The van der Waals surface area contributed by atoms with Crippen LogP contribution < -0.4 is 0 Å². The van der Waals surface area contributed by atoms with Crippen LogP contribution >= 0.6 is 0 Å². The number of ether oxygens (including phenoxy) is 2. The summed E-state index contributed by atoms with van der Waals surface area (Å²) in [6, 6.07) is 0. The third kappa shape index (κ3) is 3.83. The van der Waals surface area contributed by atoms with Gasteiger partial charge in [-0.2, -0.15) is 0 Å². The first-order chi connectivity index (χ1) is 11.5. The molecule has 0 aromatic carbocycles. The molecule has 3 heterocycles. The highest BCUT2D eigenvalue weighted by molar-refractivity contribution is 7.91. The predicted octanol–water partition coefficient (Wildman–Crippen LogP) is 2.94. The Bertz CT molecular complexity index is 550. The Morgan fingerprint density at radius 1 is 1.36 bits per heavy atom. The molecule has 0 bridgehead atoms. The third-order valence-electron chi connectivity index (χ3n) is 5.59. The molecule has 0 saturated carbocycles. The van der Waals surface area contributed by atoms with Gasteiger partial charge in [0.1, 0.15) is 21.7 Å². The Morgan fingerprint density at radius 2 is 2.00 bits per heavy atom. The maximum absolute atomic E-state index is 12.3. The largest absolute Gasteiger partial charge is 0.591 e. The second kappa shape index (κ2) is 6.43. The van der Waals surface area contributed by atoms with Crippen LogP contribution in [0.4, 0.5) is 4.79 Å². The Hall–Kier alpha value is -0.790.